The Bertz CT molecular complexity index is 355. The predicted octanol–water partition coefficient (Wildman–Crippen LogP) is 4.47. The van der Waals surface area contributed by atoms with Crippen molar-refractivity contribution < 1.29 is 9.84 Å². The Kier molecular flexibility index (Phi) is 5.57. The van der Waals surface area contributed by atoms with Gasteiger partial charge in [-0.05, 0) is 36.5 Å². The number of aliphatic hydroxyl groups excluding tert-OH is 1. The molecule has 0 saturated carbocycles. The van der Waals surface area contributed by atoms with Crippen molar-refractivity contribution in [3.8, 4) is 5.75 Å². The van der Waals surface area contributed by atoms with Gasteiger partial charge in [0.15, 0.2) is 5.75 Å². The number of halogens is 2. The zero-order valence-electron chi connectivity index (χ0n) is 10.3. The third kappa shape index (κ3) is 4.06. The minimum absolute atomic E-state index is 0.429. The lowest BCUT2D eigenvalue weighted by Crippen LogP contribution is -2.00. The van der Waals surface area contributed by atoms with Gasteiger partial charge in [-0.15, -0.1) is 0 Å². The molecule has 2 nitrogen and oxygen atoms in total. The first-order valence-corrected chi connectivity index (χ1v) is 6.42. The van der Waals surface area contributed by atoms with Crippen LogP contribution in [0.4, 0.5) is 0 Å². The van der Waals surface area contributed by atoms with Crippen molar-refractivity contribution in [3.63, 3.8) is 0 Å². The number of ether oxygens (including phenoxy) is 1. The van der Waals surface area contributed by atoms with Gasteiger partial charge >= 0.3 is 0 Å². The highest BCUT2D eigenvalue weighted by molar-refractivity contribution is 6.37. The van der Waals surface area contributed by atoms with Gasteiger partial charge in [0, 0.05) is 0 Å². The summed E-state index contributed by atoms with van der Waals surface area (Å²) < 4.78 is 5.06. The van der Waals surface area contributed by atoms with Gasteiger partial charge in [-0.25, -0.2) is 0 Å². The van der Waals surface area contributed by atoms with Gasteiger partial charge in [-0.3, -0.25) is 0 Å². The topological polar surface area (TPSA) is 29.5 Å². The van der Waals surface area contributed by atoms with Crippen LogP contribution in [0.2, 0.25) is 10.0 Å². The quantitative estimate of drug-likeness (QED) is 0.860. The van der Waals surface area contributed by atoms with E-state index >= 15 is 0 Å². The SMILES string of the molecule is COc1c(Cl)cc(C(O)CCC(C)C)cc1Cl. The maximum atomic E-state index is 10.0. The first kappa shape index (κ1) is 14.6. The van der Waals surface area contributed by atoms with Crippen LogP contribution in [0.3, 0.4) is 0 Å². The Morgan fingerprint density at radius 2 is 1.71 bits per heavy atom. The standard InChI is InChI=1S/C13H18Cl2O2/c1-8(2)4-5-12(16)9-6-10(14)13(17-3)11(15)7-9/h6-8,12,16H,4-5H2,1-3H3. The molecular weight excluding hydrogens is 259 g/mol. The second-order valence-corrected chi connectivity index (χ2v) is 5.32. The first-order chi connectivity index (χ1) is 7.95. The third-order valence-corrected chi connectivity index (χ3v) is 3.19. The molecule has 1 rings (SSSR count). The molecule has 1 aromatic rings. The zero-order chi connectivity index (χ0) is 13.0. The molecule has 0 aliphatic rings. The van der Waals surface area contributed by atoms with E-state index in [-0.39, 0.29) is 0 Å². The van der Waals surface area contributed by atoms with Gasteiger partial charge in [0.25, 0.3) is 0 Å². The van der Waals surface area contributed by atoms with Crippen LogP contribution >= 0.6 is 23.2 Å². The van der Waals surface area contributed by atoms with Crippen LogP contribution in [-0.4, -0.2) is 12.2 Å². The molecule has 0 amide bonds. The number of aliphatic hydroxyl groups is 1. The van der Waals surface area contributed by atoms with Crippen LogP contribution in [0.25, 0.3) is 0 Å². The summed E-state index contributed by atoms with van der Waals surface area (Å²) in [5, 5.41) is 10.9. The lowest BCUT2D eigenvalue weighted by molar-refractivity contribution is 0.159. The van der Waals surface area contributed by atoms with Gasteiger partial charge in [0.1, 0.15) is 0 Å². The summed E-state index contributed by atoms with van der Waals surface area (Å²) >= 11 is 12.0. The summed E-state index contributed by atoms with van der Waals surface area (Å²) in [6, 6.07) is 3.41. The smallest absolute Gasteiger partial charge is 0.156 e. The Hall–Kier alpha value is -0.440. The second-order valence-electron chi connectivity index (χ2n) is 4.50. The van der Waals surface area contributed by atoms with Crippen LogP contribution in [-0.2, 0) is 0 Å². The number of rotatable bonds is 5. The van der Waals surface area contributed by atoms with E-state index in [0.29, 0.717) is 28.1 Å². The molecule has 1 atom stereocenters. The fourth-order valence-corrected chi connectivity index (χ4v) is 2.28. The molecule has 0 heterocycles. The molecule has 0 fully saturated rings. The average molecular weight is 277 g/mol. The van der Waals surface area contributed by atoms with Crippen LogP contribution in [0.1, 0.15) is 38.4 Å². The highest BCUT2D eigenvalue weighted by Crippen LogP contribution is 2.36. The summed E-state index contributed by atoms with van der Waals surface area (Å²) in [7, 11) is 1.52. The van der Waals surface area contributed by atoms with Crippen molar-refractivity contribution in [1.29, 1.82) is 0 Å². The molecule has 0 saturated heterocycles. The summed E-state index contributed by atoms with van der Waals surface area (Å²) in [6.45, 7) is 4.25. The molecule has 0 spiro atoms. The molecule has 0 aliphatic heterocycles. The van der Waals surface area contributed by atoms with Crippen LogP contribution in [0, 0.1) is 5.92 Å². The van der Waals surface area contributed by atoms with E-state index in [0.717, 1.165) is 12.0 Å². The largest absolute Gasteiger partial charge is 0.494 e. The lowest BCUT2D eigenvalue weighted by Gasteiger charge is -2.15. The summed E-state index contributed by atoms with van der Waals surface area (Å²) in [6.07, 6.45) is 1.14. The summed E-state index contributed by atoms with van der Waals surface area (Å²) in [4.78, 5) is 0. The number of hydrogen-bond donors (Lipinski definition) is 1. The Morgan fingerprint density at radius 3 is 2.12 bits per heavy atom. The predicted molar refractivity (Wildman–Crippen MR) is 72.0 cm³/mol. The summed E-state index contributed by atoms with van der Waals surface area (Å²) in [5.74, 6) is 1.02. The maximum Gasteiger partial charge on any atom is 0.156 e. The van der Waals surface area contributed by atoms with Gasteiger partial charge in [-0.1, -0.05) is 37.0 Å². The van der Waals surface area contributed by atoms with E-state index in [4.69, 9.17) is 27.9 Å². The van der Waals surface area contributed by atoms with Gasteiger partial charge < -0.3 is 9.84 Å². The van der Waals surface area contributed by atoms with E-state index in [2.05, 4.69) is 13.8 Å². The van der Waals surface area contributed by atoms with E-state index < -0.39 is 6.10 Å². The molecule has 0 aromatic heterocycles. The van der Waals surface area contributed by atoms with E-state index in [1.54, 1.807) is 12.1 Å². The molecule has 0 bridgehead atoms. The minimum atomic E-state index is -0.529. The second kappa shape index (κ2) is 6.48. The third-order valence-electron chi connectivity index (χ3n) is 2.63. The van der Waals surface area contributed by atoms with Crippen molar-refractivity contribution in [2.24, 2.45) is 5.92 Å². The van der Waals surface area contributed by atoms with Gasteiger partial charge in [-0.2, -0.15) is 0 Å². The van der Waals surface area contributed by atoms with Crippen molar-refractivity contribution in [2.75, 3.05) is 7.11 Å². The monoisotopic (exact) mass is 276 g/mol. The molecule has 0 aliphatic carbocycles. The van der Waals surface area contributed by atoms with Crippen LogP contribution in [0.15, 0.2) is 12.1 Å². The Balaban J connectivity index is 2.84. The maximum absolute atomic E-state index is 10.0. The molecule has 0 radical (unpaired) electrons. The van der Waals surface area contributed by atoms with Crippen molar-refractivity contribution >= 4 is 23.2 Å². The zero-order valence-corrected chi connectivity index (χ0v) is 11.8. The lowest BCUT2D eigenvalue weighted by atomic mass is 10.00. The highest BCUT2D eigenvalue weighted by atomic mass is 35.5. The normalized spacial score (nSPS) is 12.9. The fourth-order valence-electron chi connectivity index (χ4n) is 1.62. The number of benzene rings is 1. The van der Waals surface area contributed by atoms with Crippen molar-refractivity contribution in [2.45, 2.75) is 32.8 Å². The Morgan fingerprint density at radius 1 is 1.18 bits per heavy atom. The highest BCUT2D eigenvalue weighted by Gasteiger charge is 2.14. The molecule has 1 aromatic carbocycles. The molecular formula is C13H18Cl2O2. The van der Waals surface area contributed by atoms with Crippen molar-refractivity contribution in [3.05, 3.63) is 27.7 Å². The minimum Gasteiger partial charge on any atom is -0.494 e. The molecule has 1 unspecified atom stereocenters. The average Bonchev–Trinajstić information content (AvgIpc) is 2.25. The molecule has 96 valence electrons. The van der Waals surface area contributed by atoms with Gasteiger partial charge in [0.05, 0.1) is 23.3 Å². The number of methoxy groups -OCH3 is 1. The molecule has 17 heavy (non-hydrogen) atoms. The van der Waals surface area contributed by atoms with E-state index in [1.807, 2.05) is 0 Å². The number of hydrogen-bond acceptors (Lipinski definition) is 2. The molecule has 4 heteroatoms. The van der Waals surface area contributed by atoms with Crippen LogP contribution in [0.5, 0.6) is 5.75 Å². The van der Waals surface area contributed by atoms with Crippen molar-refractivity contribution in [1.82, 2.24) is 0 Å². The fraction of sp³-hybridized carbons (Fsp3) is 0.538. The first-order valence-electron chi connectivity index (χ1n) is 5.66. The summed E-state index contributed by atoms with van der Waals surface area (Å²) in [5.41, 5.74) is 0.737. The van der Waals surface area contributed by atoms with E-state index in [1.165, 1.54) is 7.11 Å². The van der Waals surface area contributed by atoms with Gasteiger partial charge in [0.2, 0.25) is 0 Å². The molecule has 1 N–H and O–H groups in total. The Labute approximate surface area is 113 Å². The van der Waals surface area contributed by atoms with Crippen LogP contribution < -0.4 is 4.74 Å². The van der Waals surface area contributed by atoms with E-state index in [9.17, 15) is 5.11 Å².